The van der Waals surface area contributed by atoms with Crippen LogP contribution in [0.2, 0.25) is 10.4 Å². The zero-order valence-corrected chi connectivity index (χ0v) is 10.7. The molecule has 0 fully saturated rings. The molecule has 1 atom stereocenters. The van der Waals surface area contributed by atoms with Crippen LogP contribution in [0.25, 0.3) is 0 Å². The fourth-order valence-corrected chi connectivity index (χ4v) is 1.70. The molecule has 0 bridgehead atoms. The van der Waals surface area contributed by atoms with Crippen LogP contribution in [0.3, 0.4) is 0 Å². The van der Waals surface area contributed by atoms with E-state index in [1.54, 1.807) is 6.92 Å². The zero-order valence-electron chi connectivity index (χ0n) is 9.23. The van der Waals surface area contributed by atoms with Crippen molar-refractivity contribution in [1.82, 2.24) is 19.9 Å². The van der Waals surface area contributed by atoms with Crippen molar-refractivity contribution in [2.45, 2.75) is 13.0 Å². The second-order valence-electron chi connectivity index (χ2n) is 3.47. The molecule has 0 aliphatic heterocycles. The lowest BCUT2D eigenvalue weighted by atomic mass is 10.3. The van der Waals surface area contributed by atoms with Crippen LogP contribution >= 0.6 is 23.2 Å². The molecule has 2 aromatic heterocycles. The standard InChI is InChI=1S/C10H8Cl2FN5/c1-5(9-14-3-6(13)4-15-9)16-8-2-7(11)17-10(12)18-8/h2-5H,1H3,(H,16,17,18). The average Bonchev–Trinajstić information content (AvgIpc) is 2.28. The molecule has 0 saturated carbocycles. The number of rotatable bonds is 3. The Bertz CT molecular complexity index is 528. The van der Waals surface area contributed by atoms with Crippen LogP contribution in [0.15, 0.2) is 18.5 Å². The van der Waals surface area contributed by atoms with Crippen molar-refractivity contribution in [2.24, 2.45) is 0 Å². The number of anilines is 1. The highest BCUT2D eigenvalue weighted by Crippen LogP contribution is 2.18. The summed E-state index contributed by atoms with van der Waals surface area (Å²) in [6.45, 7) is 1.80. The highest BCUT2D eigenvalue weighted by Gasteiger charge is 2.10. The zero-order chi connectivity index (χ0) is 13.1. The summed E-state index contributed by atoms with van der Waals surface area (Å²) in [6, 6.07) is 1.25. The Morgan fingerprint density at radius 2 is 1.89 bits per heavy atom. The molecule has 94 valence electrons. The lowest BCUT2D eigenvalue weighted by Crippen LogP contribution is -2.11. The highest BCUT2D eigenvalue weighted by atomic mass is 35.5. The van der Waals surface area contributed by atoms with Crippen molar-refractivity contribution in [1.29, 1.82) is 0 Å². The van der Waals surface area contributed by atoms with Crippen molar-refractivity contribution in [3.63, 3.8) is 0 Å². The maximum absolute atomic E-state index is 12.7. The average molecular weight is 288 g/mol. The van der Waals surface area contributed by atoms with E-state index in [1.165, 1.54) is 6.07 Å². The van der Waals surface area contributed by atoms with Crippen molar-refractivity contribution in [3.8, 4) is 0 Å². The van der Waals surface area contributed by atoms with E-state index in [2.05, 4.69) is 25.3 Å². The first-order valence-corrected chi connectivity index (χ1v) is 5.74. The Morgan fingerprint density at radius 3 is 2.50 bits per heavy atom. The second kappa shape index (κ2) is 5.41. The minimum Gasteiger partial charge on any atom is -0.360 e. The molecule has 0 radical (unpaired) electrons. The van der Waals surface area contributed by atoms with E-state index in [0.29, 0.717) is 11.6 Å². The number of halogens is 3. The van der Waals surface area contributed by atoms with Gasteiger partial charge in [-0.05, 0) is 18.5 Å². The summed E-state index contributed by atoms with van der Waals surface area (Å²) in [7, 11) is 0. The van der Waals surface area contributed by atoms with Gasteiger partial charge in [-0.3, -0.25) is 0 Å². The van der Waals surface area contributed by atoms with Crippen molar-refractivity contribution in [2.75, 3.05) is 5.32 Å². The van der Waals surface area contributed by atoms with Gasteiger partial charge in [0.05, 0.1) is 18.4 Å². The minimum absolute atomic E-state index is 0.0391. The Hall–Kier alpha value is -1.53. The van der Waals surface area contributed by atoms with E-state index >= 15 is 0 Å². The van der Waals surface area contributed by atoms with E-state index < -0.39 is 5.82 Å². The highest BCUT2D eigenvalue weighted by molar-refractivity contribution is 6.32. The van der Waals surface area contributed by atoms with Crippen LogP contribution in [0, 0.1) is 5.82 Å². The SMILES string of the molecule is CC(Nc1cc(Cl)nc(Cl)n1)c1ncc(F)cn1. The normalized spacial score (nSPS) is 12.2. The van der Waals surface area contributed by atoms with Gasteiger partial charge >= 0.3 is 0 Å². The third-order valence-corrected chi connectivity index (χ3v) is 2.42. The molecule has 0 amide bonds. The molecule has 0 aliphatic carbocycles. The quantitative estimate of drug-likeness (QED) is 0.695. The minimum atomic E-state index is -0.487. The summed E-state index contributed by atoms with van der Waals surface area (Å²) in [5.74, 6) is 0.391. The third-order valence-electron chi connectivity index (χ3n) is 2.06. The van der Waals surface area contributed by atoms with E-state index in [9.17, 15) is 4.39 Å². The molecule has 2 rings (SSSR count). The summed E-state index contributed by atoms with van der Waals surface area (Å²) in [4.78, 5) is 15.4. The van der Waals surface area contributed by atoms with E-state index in [-0.39, 0.29) is 16.5 Å². The summed E-state index contributed by atoms with van der Waals surface area (Å²) in [5.41, 5.74) is 0. The fourth-order valence-electron chi connectivity index (χ4n) is 1.30. The largest absolute Gasteiger partial charge is 0.360 e. The van der Waals surface area contributed by atoms with Gasteiger partial charge in [0.1, 0.15) is 16.8 Å². The molecule has 0 aromatic carbocycles. The van der Waals surface area contributed by atoms with Crippen molar-refractivity contribution < 1.29 is 4.39 Å². The molecular formula is C10H8Cl2FN5. The molecule has 0 saturated heterocycles. The first kappa shape index (κ1) is 12.9. The van der Waals surface area contributed by atoms with Crippen LogP contribution in [-0.2, 0) is 0 Å². The van der Waals surface area contributed by atoms with Gasteiger partial charge in [-0.15, -0.1) is 0 Å². The number of hydrogen-bond acceptors (Lipinski definition) is 5. The Kier molecular flexibility index (Phi) is 3.88. The van der Waals surface area contributed by atoms with Crippen LogP contribution < -0.4 is 5.32 Å². The Labute approximate surface area is 112 Å². The number of hydrogen-bond donors (Lipinski definition) is 1. The van der Waals surface area contributed by atoms with Gasteiger partial charge in [0, 0.05) is 6.07 Å². The van der Waals surface area contributed by atoms with Gasteiger partial charge < -0.3 is 5.32 Å². The Morgan fingerprint density at radius 1 is 1.22 bits per heavy atom. The fraction of sp³-hybridized carbons (Fsp3) is 0.200. The van der Waals surface area contributed by atoms with E-state index in [1.807, 2.05) is 0 Å². The summed E-state index contributed by atoms with van der Waals surface area (Å²) in [6.07, 6.45) is 2.20. The van der Waals surface area contributed by atoms with Crippen molar-refractivity contribution in [3.05, 3.63) is 40.5 Å². The van der Waals surface area contributed by atoms with Crippen LogP contribution in [-0.4, -0.2) is 19.9 Å². The molecule has 2 aromatic rings. The first-order valence-electron chi connectivity index (χ1n) is 4.98. The maximum atomic E-state index is 12.7. The lowest BCUT2D eigenvalue weighted by molar-refractivity contribution is 0.604. The van der Waals surface area contributed by atoms with Crippen LogP contribution in [0.5, 0.6) is 0 Å². The smallest absolute Gasteiger partial charge is 0.225 e. The number of aromatic nitrogens is 4. The molecule has 18 heavy (non-hydrogen) atoms. The summed E-state index contributed by atoms with van der Waals surface area (Å²) < 4.78 is 12.7. The number of nitrogens with one attached hydrogen (secondary N) is 1. The summed E-state index contributed by atoms with van der Waals surface area (Å²) >= 11 is 11.4. The molecule has 0 spiro atoms. The first-order chi connectivity index (χ1) is 8.54. The predicted octanol–water partition coefficient (Wildman–Crippen LogP) is 2.89. The summed E-state index contributed by atoms with van der Waals surface area (Å²) in [5, 5.41) is 3.26. The van der Waals surface area contributed by atoms with Gasteiger partial charge in [0.2, 0.25) is 5.28 Å². The molecule has 5 nitrogen and oxygen atoms in total. The van der Waals surface area contributed by atoms with Crippen LogP contribution in [0.4, 0.5) is 10.2 Å². The lowest BCUT2D eigenvalue weighted by Gasteiger charge is -2.12. The molecule has 1 unspecified atom stereocenters. The molecule has 8 heteroatoms. The van der Waals surface area contributed by atoms with Crippen molar-refractivity contribution >= 4 is 29.0 Å². The predicted molar refractivity (Wildman–Crippen MR) is 66.1 cm³/mol. The van der Waals surface area contributed by atoms with Gasteiger partial charge in [0.15, 0.2) is 5.82 Å². The third kappa shape index (κ3) is 3.24. The monoisotopic (exact) mass is 287 g/mol. The molecule has 1 N–H and O–H groups in total. The van der Waals surface area contributed by atoms with Gasteiger partial charge in [-0.25, -0.2) is 24.3 Å². The van der Waals surface area contributed by atoms with E-state index in [0.717, 1.165) is 12.4 Å². The van der Waals surface area contributed by atoms with E-state index in [4.69, 9.17) is 23.2 Å². The number of nitrogens with zero attached hydrogens (tertiary/aromatic N) is 4. The second-order valence-corrected chi connectivity index (χ2v) is 4.20. The molecular weight excluding hydrogens is 280 g/mol. The molecule has 0 aliphatic rings. The molecule has 2 heterocycles. The van der Waals surface area contributed by atoms with Gasteiger partial charge in [-0.2, -0.15) is 0 Å². The Balaban J connectivity index is 2.15. The van der Waals surface area contributed by atoms with Crippen LogP contribution in [0.1, 0.15) is 18.8 Å². The maximum Gasteiger partial charge on any atom is 0.225 e. The topological polar surface area (TPSA) is 63.6 Å². The van der Waals surface area contributed by atoms with Gasteiger partial charge in [-0.1, -0.05) is 11.6 Å². The van der Waals surface area contributed by atoms with Gasteiger partial charge in [0.25, 0.3) is 0 Å².